The Kier molecular flexibility index (Phi) is 8.38. The highest BCUT2D eigenvalue weighted by atomic mass is 35.5. The minimum Gasteiger partial charge on any atom is -0.332 e. The minimum absolute atomic E-state index is 0.113. The summed E-state index contributed by atoms with van der Waals surface area (Å²) in [6.45, 7) is 2.81. The molecule has 0 fully saturated rings. The lowest BCUT2D eigenvalue weighted by Gasteiger charge is -2.32. The monoisotopic (exact) mass is 554 g/mol. The summed E-state index contributed by atoms with van der Waals surface area (Å²) < 4.78 is 1.44. The third-order valence-electron chi connectivity index (χ3n) is 6.84. The van der Waals surface area contributed by atoms with Crippen molar-refractivity contribution < 1.29 is 4.79 Å². The highest BCUT2D eigenvalue weighted by Crippen LogP contribution is 2.26. The molecular formula is C31H31ClN6O2. The Morgan fingerprint density at radius 1 is 1.00 bits per heavy atom. The van der Waals surface area contributed by atoms with Gasteiger partial charge in [0.15, 0.2) is 5.82 Å². The van der Waals surface area contributed by atoms with E-state index in [1.54, 1.807) is 23.1 Å². The Balaban J connectivity index is 1.58. The number of amides is 1. The van der Waals surface area contributed by atoms with Crippen LogP contribution in [0.3, 0.4) is 0 Å². The lowest BCUT2D eigenvalue weighted by atomic mass is 10.1. The van der Waals surface area contributed by atoms with E-state index in [0.29, 0.717) is 53.4 Å². The van der Waals surface area contributed by atoms with E-state index in [1.807, 2.05) is 73.7 Å². The zero-order chi connectivity index (χ0) is 28.1. The maximum absolute atomic E-state index is 13.9. The van der Waals surface area contributed by atoms with Gasteiger partial charge in [0.05, 0.1) is 40.3 Å². The van der Waals surface area contributed by atoms with Gasteiger partial charge >= 0.3 is 0 Å². The second-order valence-electron chi connectivity index (χ2n) is 9.58. The van der Waals surface area contributed by atoms with Gasteiger partial charge in [-0.2, -0.15) is 0 Å². The van der Waals surface area contributed by atoms with Gasteiger partial charge in [-0.05, 0) is 61.9 Å². The molecule has 1 atom stereocenters. The van der Waals surface area contributed by atoms with E-state index in [2.05, 4.69) is 5.43 Å². The fraction of sp³-hybridized carbons (Fsp3) is 0.226. The van der Waals surface area contributed by atoms with Gasteiger partial charge in [0.2, 0.25) is 5.91 Å². The van der Waals surface area contributed by atoms with Crippen molar-refractivity contribution >= 4 is 45.0 Å². The Labute approximate surface area is 237 Å². The van der Waals surface area contributed by atoms with Gasteiger partial charge in [0.25, 0.3) is 5.56 Å². The Hall–Kier alpha value is -4.27. The number of carbonyl (C=O) groups excluding carboxylic acids is 1. The summed E-state index contributed by atoms with van der Waals surface area (Å²) in [4.78, 5) is 39.1. The number of hydrogen-bond donors (Lipinski definition) is 2. The summed E-state index contributed by atoms with van der Waals surface area (Å²) >= 11 is 6.27. The maximum atomic E-state index is 13.9. The molecule has 0 aliphatic heterocycles. The molecule has 0 saturated heterocycles. The number of nitrogens with one attached hydrogen (secondary N) is 1. The van der Waals surface area contributed by atoms with Gasteiger partial charge in [-0.3, -0.25) is 20.0 Å². The average molecular weight is 555 g/mol. The van der Waals surface area contributed by atoms with E-state index >= 15 is 0 Å². The van der Waals surface area contributed by atoms with Crippen LogP contribution in [-0.4, -0.2) is 38.5 Å². The van der Waals surface area contributed by atoms with Gasteiger partial charge in [-0.15, -0.1) is 0 Å². The molecule has 40 heavy (non-hydrogen) atoms. The molecule has 204 valence electrons. The Morgan fingerprint density at radius 3 is 2.55 bits per heavy atom. The fourth-order valence-electron chi connectivity index (χ4n) is 4.87. The molecule has 2 heterocycles. The van der Waals surface area contributed by atoms with Crippen LogP contribution in [0.25, 0.3) is 21.8 Å². The summed E-state index contributed by atoms with van der Waals surface area (Å²) in [6, 6.07) is 25.6. The van der Waals surface area contributed by atoms with E-state index in [4.69, 9.17) is 27.3 Å². The number of para-hydroxylation sites is 2. The zero-order valence-corrected chi connectivity index (χ0v) is 23.0. The summed E-state index contributed by atoms with van der Waals surface area (Å²) in [5.41, 5.74) is 11.5. The van der Waals surface area contributed by atoms with Crippen molar-refractivity contribution in [3.8, 4) is 0 Å². The second-order valence-corrected chi connectivity index (χ2v) is 10.0. The number of aromatic nitrogens is 3. The number of pyridine rings is 1. The van der Waals surface area contributed by atoms with Gasteiger partial charge in [0.1, 0.15) is 0 Å². The highest BCUT2D eigenvalue weighted by molar-refractivity contribution is 6.31. The number of carbonyl (C=O) groups is 1. The fourth-order valence-corrected chi connectivity index (χ4v) is 5.04. The summed E-state index contributed by atoms with van der Waals surface area (Å²) in [7, 11) is 0. The predicted octanol–water partition coefficient (Wildman–Crippen LogP) is 5.34. The minimum atomic E-state index is -0.508. The number of fused-ring (bicyclic) bond motifs is 2. The highest BCUT2D eigenvalue weighted by Gasteiger charge is 2.29. The van der Waals surface area contributed by atoms with Crippen LogP contribution in [0.5, 0.6) is 0 Å². The van der Waals surface area contributed by atoms with E-state index in [0.717, 1.165) is 16.6 Å². The molecule has 0 bridgehead atoms. The number of nitrogens with zero attached hydrogens (tertiary/aromatic N) is 4. The normalized spacial score (nSPS) is 12.0. The molecule has 5 aromatic rings. The number of anilines is 1. The second kappa shape index (κ2) is 12.3. The van der Waals surface area contributed by atoms with Gasteiger partial charge in [0, 0.05) is 17.0 Å². The first-order valence-electron chi connectivity index (χ1n) is 13.4. The quantitative estimate of drug-likeness (QED) is 0.241. The molecule has 2 aromatic heterocycles. The molecule has 0 spiro atoms. The lowest BCUT2D eigenvalue weighted by Crippen LogP contribution is -2.42. The van der Waals surface area contributed by atoms with Crippen LogP contribution >= 0.6 is 11.6 Å². The number of benzene rings is 3. The molecule has 8 nitrogen and oxygen atoms in total. The third kappa shape index (κ3) is 5.83. The topological polar surface area (TPSA) is 106 Å². The largest absolute Gasteiger partial charge is 0.332 e. The van der Waals surface area contributed by atoms with Gasteiger partial charge in [-0.1, -0.05) is 61.0 Å². The molecule has 1 amide bonds. The summed E-state index contributed by atoms with van der Waals surface area (Å²) in [5.74, 6) is 0.303. The van der Waals surface area contributed by atoms with Crippen molar-refractivity contribution in [3.63, 3.8) is 0 Å². The zero-order valence-electron chi connectivity index (χ0n) is 22.3. The number of nitrogens with two attached hydrogens (primary N) is 1. The Bertz CT molecular complexity index is 1710. The van der Waals surface area contributed by atoms with Crippen molar-refractivity contribution in [1.82, 2.24) is 19.5 Å². The Morgan fingerprint density at radius 2 is 1.77 bits per heavy atom. The molecule has 5 rings (SSSR count). The van der Waals surface area contributed by atoms with E-state index in [1.165, 1.54) is 4.68 Å². The van der Waals surface area contributed by atoms with Crippen molar-refractivity contribution in [2.45, 2.75) is 32.2 Å². The van der Waals surface area contributed by atoms with Crippen molar-refractivity contribution in [3.05, 3.63) is 112 Å². The van der Waals surface area contributed by atoms with Gasteiger partial charge < -0.3 is 10.6 Å². The molecule has 1 unspecified atom stereocenters. The van der Waals surface area contributed by atoms with Crippen LogP contribution in [0, 0.1) is 0 Å². The molecular weight excluding hydrogens is 524 g/mol. The van der Waals surface area contributed by atoms with Crippen LogP contribution in [0.1, 0.15) is 37.3 Å². The van der Waals surface area contributed by atoms with Crippen molar-refractivity contribution in [2.75, 3.05) is 18.5 Å². The third-order valence-corrected chi connectivity index (χ3v) is 7.08. The number of hydrogen-bond acceptors (Lipinski definition) is 6. The van der Waals surface area contributed by atoms with Crippen LogP contribution < -0.4 is 16.7 Å². The molecule has 0 aliphatic rings. The van der Waals surface area contributed by atoms with Crippen molar-refractivity contribution in [2.24, 2.45) is 5.73 Å². The first-order chi connectivity index (χ1) is 19.5. The van der Waals surface area contributed by atoms with Crippen LogP contribution in [0.2, 0.25) is 5.02 Å². The molecule has 3 N–H and O–H groups in total. The maximum Gasteiger partial charge on any atom is 0.280 e. The molecule has 0 aliphatic carbocycles. The van der Waals surface area contributed by atoms with E-state index in [-0.39, 0.29) is 17.9 Å². The molecule has 3 aromatic carbocycles. The lowest BCUT2D eigenvalue weighted by molar-refractivity contribution is -0.133. The summed E-state index contributed by atoms with van der Waals surface area (Å²) in [5, 5.41) is 1.91. The number of halogens is 1. The molecule has 9 heteroatoms. The van der Waals surface area contributed by atoms with Gasteiger partial charge in [-0.25, -0.2) is 9.66 Å². The standard InChI is InChI=1S/C31H31ClN6O2/c1-2-28(37(18-8-17-33)29(39)20-24-15-13-21-9-6-7-12-26(21)34-24)30-35-27-19-22(32)14-16-25(27)31(40)38(30)36-23-10-4-3-5-11-23/h3-7,9-16,19,28,36H,2,8,17-18,20,33H2,1H3. The van der Waals surface area contributed by atoms with Crippen molar-refractivity contribution in [1.29, 1.82) is 0 Å². The first kappa shape index (κ1) is 27.3. The predicted molar refractivity (Wildman–Crippen MR) is 160 cm³/mol. The van der Waals surface area contributed by atoms with Crippen LogP contribution in [0.15, 0.2) is 89.7 Å². The summed E-state index contributed by atoms with van der Waals surface area (Å²) in [6.07, 6.45) is 1.24. The molecule has 0 saturated carbocycles. The van der Waals surface area contributed by atoms with Crippen LogP contribution in [0.4, 0.5) is 5.69 Å². The smallest absolute Gasteiger partial charge is 0.280 e. The average Bonchev–Trinajstić information content (AvgIpc) is 2.97. The first-order valence-corrected chi connectivity index (χ1v) is 13.7. The number of rotatable bonds is 10. The SMILES string of the molecule is CCC(c1nc2cc(Cl)ccc2c(=O)n1Nc1ccccc1)N(CCCN)C(=O)Cc1ccc2ccccc2n1. The molecule has 0 radical (unpaired) electrons. The van der Waals surface area contributed by atoms with Crippen LogP contribution in [-0.2, 0) is 11.2 Å². The van der Waals surface area contributed by atoms with E-state index < -0.39 is 6.04 Å². The van der Waals surface area contributed by atoms with E-state index in [9.17, 15) is 9.59 Å².